The lowest BCUT2D eigenvalue weighted by Crippen LogP contribution is -2.55. The molecule has 4 saturated carbocycles. The number of ether oxygens (including phenoxy) is 2. The summed E-state index contributed by atoms with van der Waals surface area (Å²) in [5, 5.41) is 0. The van der Waals surface area contributed by atoms with E-state index in [1.165, 1.54) is 6.92 Å². The second kappa shape index (κ2) is 11.8. The smallest absolute Gasteiger partial charge is 0.409 e. The number of hydrogen-bond acceptors (Lipinski definition) is 8. The molecule has 1 heterocycles. The number of fused-ring (bicyclic) bond motifs is 2. The molecule has 47 heavy (non-hydrogen) atoms. The minimum absolute atomic E-state index is 0.0508. The van der Waals surface area contributed by atoms with E-state index in [4.69, 9.17) is 9.47 Å². The molecule has 0 aromatic carbocycles. The van der Waals surface area contributed by atoms with Gasteiger partial charge in [0.05, 0.1) is 6.61 Å². The van der Waals surface area contributed by atoms with Crippen molar-refractivity contribution in [2.45, 2.75) is 93.1 Å². The number of rotatable bonds is 8. The highest BCUT2D eigenvalue weighted by Crippen LogP contribution is 2.87. The van der Waals surface area contributed by atoms with Gasteiger partial charge in [0.15, 0.2) is 5.78 Å². The van der Waals surface area contributed by atoms with Crippen LogP contribution in [0.1, 0.15) is 87.0 Å². The van der Waals surface area contributed by atoms with Crippen molar-refractivity contribution in [1.82, 2.24) is 9.80 Å². The van der Waals surface area contributed by atoms with Crippen LogP contribution < -0.4 is 0 Å². The van der Waals surface area contributed by atoms with Crippen LogP contribution in [0.15, 0.2) is 12.2 Å². The van der Waals surface area contributed by atoms with Crippen molar-refractivity contribution in [2.24, 2.45) is 63.1 Å². The monoisotopic (exact) mass is 652 g/mol. The van der Waals surface area contributed by atoms with Gasteiger partial charge in [0, 0.05) is 62.7 Å². The van der Waals surface area contributed by atoms with Gasteiger partial charge in [0.25, 0.3) is 0 Å². The van der Waals surface area contributed by atoms with Gasteiger partial charge in [-0.15, -0.1) is 0 Å². The van der Waals surface area contributed by atoms with Crippen molar-refractivity contribution in [3.63, 3.8) is 0 Å². The first-order valence-corrected chi connectivity index (χ1v) is 18.1. The van der Waals surface area contributed by atoms with Crippen molar-refractivity contribution in [1.29, 1.82) is 0 Å². The molecule has 9 nitrogen and oxygen atoms in total. The van der Waals surface area contributed by atoms with Crippen LogP contribution in [-0.4, -0.2) is 85.1 Å². The maximum absolute atomic E-state index is 14.1. The zero-order valence-electron chi connectivity index (χ0n) is 29.8. The van der Waals surface area contributed by atoms with E-state index in [1.54, 1.807) is 11.8 Å². The lowest BCUT2D eigenvalue weighted by Gasteiger charge is -2.60. The average molecular weight is 653 g/mol. The van der Waals surface area contributed by atoms with Gasteiger partial charge in [-0.1, -0.05) is 47.6 Å². The van der Waals surface area contributed by atoms with Crippen molar-refractivity contribution < 1.29 is 33.4 Å². The Labute approximate surface area is 280 Å². The van der Waals surface area contributed by atoms with Gasteiger partial charge < -0.3 is 19.3 Å². The van der Waals surface area contributed by atoms with Crippen LogP contribution in [0.5, 0.6) is 0 Å². The number of allylic oxidation sites excluding steroid dienone is 2. The molecular weight excluding hydrogens is 596 g/mol. The lowest BCUT2D eigenvalue weighted by molar-refractivity contribution is -0.156. The summed E-state index contributed by atoms with van der Waals surface area (Å²) in [6.45, 7) is 16.5. The normalized spacial score (nSPS) is 42.6. The van der Waals surface area contributed by atoms with E-state index in [0.29, 0.717) is 31.3 Å². The second-order valence-electron chi connectivity index (χ2n) is 17.0. The Balaban J connectivity index is 1.19. The molecule has 5 aliphatic carbocycles. The minimum atomic E-state index is -0.619. The molecule has 9 heteroatoms. The number of esters is 1. The van der Waals surface area contributed by atoms with E-state index in [1.807, 2.05) is 27.0 Å². The molecule has 1 amide bonds. The molecule has 2 spiro atoms. The maximum Gasteiger partial charge on any atom is 0.409 e. The Bertz CT molecular complexity index is 1370. The summed E-state index contributed by atoms with van der Waals surface area (Å²) in [7, 11) is 2.02. The first kappa shape index (κ1) is 34.3. The molecule has 0 aromatic heterocycles. The number of likely N-dealkylation sites (N-methyl/N-ethyl adjacent to an activating group) is 1. The van der Waals surface area contributed by atoms with Crippen LogP contribution in [0.4, 0.5) is 4.79 Å². The third kappa shape index (κ3) is 5.06. The van der Waals surface area contributed by atoms with Gasteiger partial charge >= 0.3 is 12.1 Å². The van der Waals surface area contributed by atoms with Crippen LogP contribution >= 0.6 is 0 Å². The molecule has 1 saturated heterocycles. The van der Waals surface area contributed by atoms with Crippen LogP contribution in [0.3, 0.4) is 0 Å². The van der Waals surface area contributed by atoms with Crippen molar-refractivity contribution in [3.8, 4) is 0 Å². The molecule has 260 valence electrons. The Hall–Kier alpha value is -2.55. The first-order chi connectivity index (χ1) is 22.0. The Kier molecular flexibility index (Phi) is 8.62. The number of nitrogens with zero attached hydrogens (tertiary/aromatic N) is 2. The van der Waals surface area contributed by atoms with Gasteiger partial charge in [0.1, 0.15) is 6.10 Å². The van der Waals surface area contributed by atoms with Gasteiger partial charge in [0.2, 0.25) is 11.6 Å². The fourth-order valence-corrected chi connectivity index (χ4v) is 11.9. The maximum atomic E-state index is 14.1. The Morgan fingerprint density at radius 3 is 2.32 bits per heavy atom. The van der Waals surface area contributed by atoms with Crippen LogP contribution in [0, 0.1) is 63.1 Å². The molecule has 0 N–H and O–H groups in total. The number of carbonyl (C=O) groups is 5. The van der Waals surface area contributed by atoms with E-state index in [0.717, 1.165) is 45.2 Å². The third-order valence-corrected chi connectivity index (χ3v) is 15.0. The molecule has 0 aromatic rings. The summed E-state index contributed by atoms with van der Waals surface area (Å²) in [5.41, 5.74) is -0.280. The second-order valence-corrected chi connectivity index (χ2v) is 17.0. The fraction of sp³-hybridized carbons (Fsp3) is 0.816. The molecule has 0 bridgehead atoms. The van der Waals surface area contributed by atoms with Crippen LogP contribution in [0.2, 0.25) is 0 Å². The number of hydrogen-bond donors (Lipinski definition) is 0. The molecule has 6 rings (SSSR count). The quantitative estimate of drug-likeness (QED) is 0.255. The zero-order chi connectivity index (χ0) is 34.3. The topological polar surface area (TPSA) is 110 Å². The Morgan fingerprint density at radius 1 is 0.979 bits per heavy atom. The van der Waals surface area contributed by atoms with Gasteiger partial charge in [-0.05, 0) is 85.1 Å². The highest BCUT2D eigenvalue weighted by atomic mass is 16.6. The largest absolute Gasteiger partial charge is 0.462 e. The van der Waals surface area contributed by atoms with Gasteiger partial charge in [-0.25, -0.2) is 4.79 Å². The first-order valence-electron chi connectivity index (χ1n) is 18.1. The summed E-state index contributed by atoms with van der Waals surface area (Å²) < 4.78 is 11.7. The molecule has 6 aliphatic rings. The highest BCUT2D eigenvalue weighted by Gasteiger charge is 2.81. The number of piperazine rings is 1. The molecule has 12 atom stereocenters. The van der Waals surface area contributed by atoms with E-state index >= 15 is 0 Å². The molecule has 1 unspecified atom stereocenters. The van der Waals surface area contributed by atoms with E-state index in [-0.39, 0.29) is 63.9 Å². The molecule has 5 fully saturated rings. The van der Waals surface area contributed by atoms with Gasteiger partial charge in [-0.3, -0.25) is 19.2 Å². The molecule has 0 radical (unpaired) electrons. The number of ketones is 3. The van der Waals surface area contributed by atoms with E-state index in [9.17, 15) is 24.0 Å². The SMILES string of the molecule is CC(=O)O[C@H]1C[C@@]2(C)[C@@H]3CC[C@H]4[C@H](C)C(=O)C=C[C@@]45C[C@@]35CC[C@]2(C)[C@H]1[C@H](C)C(=O)C(=O)C(C)[C@@H](C)COC(=O)N1CCN(C)CC1. The number of Topliss-reactive ketones (excluding diaryl/α,β-unsaturated/α-hetero) is 2. The predicted molar refractivity (Wildman–Crippen MR) is 176 cm³/mol. The lowest BCUT2D eigenvalue weighted by atomic mass is 9.43. The predicted octanol–water partition coefficient (Wildman–Crippen LogP) is 5.35. The average Bonchev–Trinajstić information content (AvgIpc) is 3.64. The zero-order valence-corrected chi connectivity index (χ0v) is 29.8. The van der Waals surface area contributed by atoms with Crippen LogP contribution in [-0.2, 0) is 28.7 Å². The molecule has 1 aliphatic heterocycles. The summed E-state index contributed by atoms with van der Waals surface area (Å²) in [6, 6.07) is 0. The van der Waals surface area contributed by atoms with Crippen molar-refractivity contribution in [3.05, 3.63) is 12.2 Å². The highest BCUT2D eigenvalue weighted by molar-refractivity contribution is 6.38. The Morgan fingerprint density at radius 2 is 1.66 bits per heavy atom. The van der Waals surface area contributed by atoms with E-state index < -0.39 is 29.5 Å². The standard InChI is InChI=1S/C38H56N2O7/c1-22(20-46-34(45)40-17-15-39(8)16-18-40)23(2)32(43)33(44)25(4)31-29(47-26(5)41)19-36(7)30-10-9-27-24(3)28(42)11-12-37(27)21-38(30,37)14-13-35(31,36)6/h11-12,22-25,27,29-31H,9-10,13-21H2,1-8H3/t22-,23?,24-,25-,27-,29-,30-,31-,35+,36-,37+,38-/m0/s1. The number of carbonyl (C=O) groups excluding carboxylic acids is 5. The van der Waals surface area contributed by atoms with Gasteiger partial charge in [-0.2, -0.15) is 0 Å². The third-order valence-electron chi connectivity index (χ3n) is 15.0. The summed E-state index contributed by atoms with van der Waals surface area (Å²) >= 11 is 0. The summed E-state index contributed by atoms with van der Waals surface area (Å²) in [5.74, 6) is -1.98. The van der Waals surface area contributed by atoms with E-state index in [2.05, 4.69) is 31.7 Å². The molecular formula is C38H56N2O7. The van der Waals surface area contributed by atoms with Crippen molar-refractivity contribution in [2.75, 3.05) is 39.8 Å². The summed E-state index contributed by atoms with van der Waals surface area (Å²) in [6.07, 6.45) is 9.03. The number of amides is 1. The fourth-order valence-electron chi connectivity index (χ4n) is 11.9. The van der Waals surface area contributed by atoms with Crippen LogP contribution in [0.25, 0.3) is 0 Å². The minimum Gasteiger partial charge on any atom is -0.462 e. The summed E-state index contributed by atoms with van der Waals surface area (Å²) in [4.78, 5) is 69.5. The van der Waals surface area contributed by atoms with Crippen molar-refractivity contribution >= 4 is 29.4 Å².